The first-order chi connectivity index (χ1) is 16.4. The monoisotopic (exact) mass is 472 g/mol. The maximum absolute atomic E-state index is 13.0. The van der Waals surface area contributed by atoms with Gasteiger partial charge in [0, 0.05) is 36.2 Å². The molecule has 0 radical (unpaired) electrons. The summed E-state index contributed by atoms with van der Waals surface area (Å²) in [5.74, 6) is -0.279. The smallest absolute Gasteiger partial charge is 0.274 e. The lowest BCUT2D eigenvalue weighted by molar-refractivity contribution is -0.0362. The number of carbonyl (C=O) groups excluding carboxylic acids is 1. The first-order valence-electron chi connectivity index (χ1n) is 10.6. The van der Waals surface area contributed by atoms with Crippen molar-refractivity contribution in [3.63, 3.8) is 0 Å². The molecule has 0 unspecified atom stereocenters. The van der Waals surface area contributed by atoms with E-state index < -0.39 is 5.60 Å². The minimum atomic E-state index is -0.643. The second-order valence-corrected chi connectivity index (χ2v) is 9.06. The fourth-order valence-corrected chi connectivity index (χ4v) is 4.19. The molecular formula is C25H24N6O2S. The van der Waals surface area contributed by atoms with Crippen molar-refractivity contribution in [3.05, 3.63) is 94.5 Å². The van der Waals surface area contributed by atoms with E-state index in [0.717, 1.165) is 16.8 Å². The Morgan fingerprint density at radius 2 is 2.06 bits per heavy atom. The number of hydrogen-bond donors (Lipinski definition) is 2. The van der Waals surface area contributed by atoms with Crippen LogP contribution in [0.25, 0.3) is 0 Å². The van der Waals surface area contributed by atoms with Gasteiger partial charge in [0.15, 0.2) is 5.13 Å². The third-order valence-corrected chi connectivity index (χ3v) is 6.11. The van der Waals surface area contributed by atoms with E-state index in [1.54, 1.807) is 35.2 Å². The van der Waals surface area contributed by atoms with Gasteiger partial charge < -0.3 is 15.0 Å². The number of benzene rings is 1. The largest absolute Gasteiger partial charge is 0.399 e. The van der Waals surface area contributed by atoms with Gasteiger partial charge in [-0.15, -0.1) is 11.3 Å². The maximum atomic E-state index is 13.0. The van der Waals surface area contributed by atoms with E-state index in [4.69, 9.17) is 10.5 Å². The van der Waals surface area contributed by atoms with Gasteiger partial charge in [0.2, 0.25) is 0 Å². The highest BCUT2D eigenvalue weighted by Gasteiger charge is 2.25. The maximum Gasteiger partial charge on any atom is 0.274 e. The van der Waals surface area contributed by atoms with E-state index in [1.165, 1.54) is 17.5 Å². The summed E-state index contributed by atoms with van der Waals surface area (Å²) in [5, 5.41) is 14.5. The topological polar surface area (TPSA) is 119 Å². The van der Waals surface area contributed by atoms with Gasteiger partial charge in [-0.2, -0.15) is 5.26 Å². The van der Waals surface area contributed by atoms with E-state index in [2.05, 4.69) is 21.4 Å². The van der Waals surface area contributed by atoms with Gasteiger partial charge in [-0.1, -0.05) is 12.1 Å². The summed E-state index contributed by atoms with van der Waals surface area (Å²) in [6.45, 7) is 4.69. The Kier molecular flexibility index (Phi) is 6.72. The van der Waals surface area contributed by atoms with Gasteiger partial charge in [-0.05, 0) is 55.3 Å². The van der Waals surface area contributed by atoms with Crippen LogP contribution < -0.4 is 11.1 Å². The Hall–Kier alpha value is -4.00. The molecule has 9 heteroatoms. The van der Waals surface area contributed by atoms with E-state index in [9.17, 15) is 10.1 Å². The van der Waals surface area contributed by atoms with Crippen LogP contribution in [0, 0.1) is 11.3 Å². The molecule has 3 heterocycles. The molecule has 8 nitrogen and oxygen atoms in total. The van der Waals surface area contributed by atoms with Crippen molar-refractivity contribution in [1.29, 1.82) is 5.26 Å². The lowest BCUT2D eigenvalue weighted by Gasteiger charge is -2.23. The minimum Gasteiger partial charge on any atom is -0.399 e. The average Bonchev–Trinajstić information content (AvgIpc) is 3.49. The molecule has 0 aliphatic rings. The number of amides is 1. The van der Waals surface area contributed by atoms with Crippen molar-refractivity contribution < 1.29 is 9.53 Å². The molecule has 0 saturated carbocycles. The summed E-state index contributed by atoms with van der Waals surface area (Å²) in [5.41, 5.74) is 9.29. The minimum absolute atomic E-state index is 0.279. The van der Waals surface area contributed by atoms with E-state index in [1.807, 2.05) is 43.5 Å². The number of anilines is 2. The molecule has 4 rings (SSSR count). The number of hydrogen-bond acceptors (Lipinski definition) is 7. The number of pyridine rings is 1. The average molecular weight is 473 g/mol. The summed E-state index contributed by atoms with van der Waals surface area (Å²) in [6, 6.07) is 15.0. The van der Waals surface area contributed by atoms with Crippen LogP contribution in [-0.4, -0.2) is 20.4 Å². The Morgan fingerprint density at radius 3 is 2.82 bits per heavy atom. The summed E-state index contributed by atoms with van der Waals surface area (Å²) in [7, 11) is 0. The Balaban J connectivity index is 1.42. The molecule has 0 spiro atoms. The van der Waals surface area contributed by atoms with Crippen LogP contribution in [0.5, 0.6) is 0 Å². The number of aromatic nitrogens is 3. The molecule has 0 aliphatic heterocycles. The summed E-state index contributed by atoms with van der Waals surface area (Å²) < 4.78 is 7.89. The van der Waals surface area contributed by atoms with Crippen molar-refractivity contribution in [3.8, 4) is 6.07 Å². The molecule has 0 aliphatic carbocycles. The number of nitrogens with zero attached hydrogens (tertiary/aromatic N) is 4. The van der Waals surface area contributed by atoms with Crippen LogP contribution in [0.4, 0.5) is 10.8 Å². The fourth-order valence-electron chi connectivity index (χ4n) is 3.32. The second-order valence-electron chi connectivity index (χ2n) is 8.20. The van der Waals surface area contributed by atoms with E-state index >= 15 is 0 Å². The van der Waals surface area contributed by atoms with E-state index in [0.29, 0.717) is 35.2 Å². The number of nitrogen functional groups attached to an aromatic ring is 1. The third kappa shape index (κ3) is 5.31. The highest BCUT2D eigenvalue weighted by atomic mass is 32.1. The molecule has 34 heavy (non-hydrogen) atoms. The van der Waals surface area contributed by atoms with Crippen LogP contribution in [0.1, 0.15) is 46.7 Å². The van der Waals surface area contributed by atoms with Crippen LogP contribution in [0.3, 0.4) is 0 Å². The molecule has 1 aromatic carbocycles. The Morgan fingerprint density at radius 1 is 1.26 bits per heavy atom. The molecule has 172 valence electrons. The lowest BCUT2D eigenvalue weighted by atomic mass is 10.1. The van der Waals surface area contributed by atoms with Crippen molar-refractivity contribution in [2.45, 2.75) is 32.6 Å². The second kappa shape index (κ2) is 9.87. The van der Waals surface area contributed by atoms with Gasteiger partial charge in [-0.25, -0.2) is 4.98 Å². The van der Waals surface area contributed by atoms with Gasteiger partial charge in [-0.3, -0.25) is 15.1 Å². The highest BCUT2D eigenvalue weighted by Crippen LogP contribution is 2.29. The zero-order valence-corrected chi connectivity index (χ0v) is 19.7. The fraction of sp³-hybridized carbons (Fsp3) is 0.200. The number of rotatable bonds is 8. The predicted molar refractivity (Wildman–Crippen MR) is 131 cm³/mol. The Labute approximate surface area is 201 Å². The number of nitrogens with one attached hydrogen (secondary N) is 1. The number of nitriles is 1. The molecule has 0 fully saturated rings. The van der Waals surface area contributed by atoms with Crippen molar-refractivity contribution in [1.82, 2.24) is 14.5 Å². The molecule has 3 aromatic heterocycles. The van der Waals surface area contributed by atoms with Crippen LogP contribution in [0.2, 0.25) is 0 Å². The van der Waals surface area contributed by atoms with Gasteiger partial charge in [0.1, 0.15) is 17.4 Å². The van der Waals surface area contributed by atoms with Crippen molar-refractivity contribution in [2.24, 2.45) is 0 Å². The van der Waals surface area contributed by atoms with Crippen LogP contribution >= 0.6 is 11.3 Å². The van der Waals surface area contributed by atoms with Gasteiger partial charge in [0.25, 0.3) is 5.91 Å². The normalized spacial score (nSPS) is 11.2. The zero-order valence-electron chi connectivity index (χ0n) is 18.9. The van der Waals surface area contributed by atoms with Crippen LogP contribution in [0.15, 0.2) is 66.4 Å². The molecule has 1 amide bonds. The van der Waals surface area contributed by atoms with E-state index in [-0.39, 0.29) is 5.91 Å². The summed E-state index contributed by atoms with van der Waals surface area (Å²) in [6.07, 6.45) is 4.96. The van der Waals surface area contributed by atoms with Gasteiger partial charge >= 0.3 is 0 Å². The molecule has 0 saturated heterocycles. The number of thiazole rings is 1. The predicted octanol–water partition coefficient (Wildman–Crippen LogP) is 4.55. The van der Waals surface area contributed by atoms with Gasteiger partial charge in [0.05, 0.1) is 17.9 Å². The lowest BCUT2D eigenvalue weighted by Crippen LogP contribution is -2.22. The first kappa shape index (κ1) is 23.2. The van der Waals surface area contributed by atoms with Crippen molar-refractivity contribution >= 4 is 28.1 Å². The molecule has 3 N–H and O–H groups in total. The number of ether oxygens (including phenoxy) is 1. The number of carbonyl (C=O) groups is 1. The molecule has 0 bridgehead atoms. The van der Waals surface area contributed by atoms with Crippen molar-refractivity contribution in [2.75, 3.05) is 11.1 Å². The Bertz CT molecular complexity index is 1330. The zero-order chi connectivity index (χ0) is 24.1. The molecule has 4 aromatic rings. The van der Waals surface area contributed by atoms with Crippen LogP contribution in [-0.2, 0) is 23.5 Å². The summed E-state index contributed by atoms with van der Waals surface area (Å²) in [4.78, 5) is 21.5. The highest BCUT2D eigenvalue weighted by molar-refractivity contribution is 7.14. The SMILES string of the molecule is CC(C)(OCc1ccc(N)cc1)c1csc(NC(=O)c2cccn2Cc2ccncc2C#N)n1. The quantitative estimate of drug-likeness (QED) is 0.363. The molecule has 0 atom stereocenters. The third-order valence-electron chi connectivity index (χ3n) is 5.36. The number of nitrogens with two attached hydrogens (primary N) is 1. The first-order valence-corrected chi connectivity index (χ1v) is 11.5. The molecular weight excluding hydrogens is 448 g/mol. The standard InChI is InChI=1S/C25H24N6O2S/c1-25(2,33-15-17-5-7-20(27)8-6-17)22-16-34-24(29-22)30-23(32)21-4-3-11-31(21)14-18-9-10-28-13-19(18)12-26/h3-11,13,16H,14-15,27H2,1-2H3,(H,29,30,32). The summed E-state index contributed by atoms with van der Waals surface area (Å²) >= 11 is 1.34.